The molecule has 9 nitrogen and oxygen atoms in total. The first-order valence-electron chi connectivity index (χ1n) is 10.8. The average Bonchev–Trinajstić information content (AvgIpc) is 2.87. The van der Waals surface area contributed by atoms with Crippen LogP contribution in [0.2, 0.25) is 0 Å². The Labute approximate surface area is 202 Å². The smallest absolute Gasteiger partial charge is 0.289 e. The molecule has 0 spiro atoms. The van der Waals surface area contributed by atoms with Gasteiger partial charge in [0.25, 0.3) is 11.8 Å². The van der Waals surface area contributed by atoms with Crippen LogP contribution in [0, 0.1) is 0 Å². The second-order valence-electron chi connectivity index (χ2n) is 7.80. The lowest BCUT2D eigenvalue weighted by molar-refractivity contribution is -0.138. The van der Waals surface area contributed by atoms with Crippen LogP contribution in [0.3, 0.4) is 0 Å². The summed E-state index contributed by atoms with van der Waals surface area (Å²) in [6, 6.07) is 16.8. The first kappa shape index (κ1) is 25.1. The van der Waals surface area contributed by atoms with Gasteiger partial charge in [0.15, 0.2) is 17.2 Å². The molecule has 0 radical (unpaired) electrons. The fraction of sp³-hybridized carbons (Fsp3) is 0.192. The monoisotopic (exact) mass is 478 g/mol. The van der Waals surface area contributed by atoms with Gasteiger partial charge < -0.3 is 30.7 Å². The molecule has 2 amide bonds. The Morgan fingerprint density at radius 1 is 0.886 bits per heavy atom. The Morgan fingerprint density at radius 2 is 1.51 bits per heavy atom. The average molecular weight is 479 g/mol. The van der Waals surface area contributed by atoms with Crippen LogP contribution in [0.4, 0.5) is 0 Å². The summed E-state index contributed by atoms with van der Waals surface area (Å²) in [7, 11) is 1.57. The first-order chi connectivity index (χ1) is 16.8. The number of aromatic hydroxyl groups is 3. The number of ether oxygens (including phenoxy) is 1. The topological polar surface area (TPSA) is 145 Å². The Kier molecular flexibility index (Phi) is 8.29. The molecule has 9 heteroatoms. The minimum atomic E-state index is -1.20. The molecular weight excluding hydrogens is 452 g/mol. The summed E-state index contributed by atoms with van der Waals surface area (Å²) in [5, 5.41) is 33.9. The predicted octanol–water partition coefficient (Wildman–Crippen LogP) is 2.08. The largest absolute Gasteiger partial charge is 0.504 e. The van der Waals surface area contributed by atoms with E-state index in [2.05, 4.69) is 10.6 Å². The predicted molar refractivity (Wildman–Crippen MR) is 128 cm³/mol. The number of hydrogen-bond donors (Lipinski definition) is 5. The third-order valence-corrected chi connectivity index (χ3v) is 5.32. The van der Waals surface area contributed by atoms with Crippen molar-refractivity contribution in [3.63, 3.8) is 0 Å². The van der Waals surface area contributed by atoms with Crippen molar-refractivity contribution in [3.8, 4) is 23.0 Å². The Hall–Kier alpha value is -4.53. The molecule has 1 unspecified atom stereocenters. The summed E-state index contributed by atoms with van der Waals surface area (Å²) < 4.78 is 5.11. The van der Waals surface area contributed by atoms with Crippen LogP contribution < -0.4 is 15.4 Å². The van der Waals surface area contributed by atoms with Crippen molar-refractivity contribution in [2.75, 3.05) is 13.7 Å². The van der Waals surface area contributed by atoms with E-state index in [1.807, 2.05) is 12.1 Å². The summed E-state index contributed by atoms with van der Waals surface area (Å²) in [5.41, 5.74) is 1.47. The third kappa shape index (κ3) is 6.73. The van der Waals surface area contributed by atoms with Crippen LogP contribution in [0.1, 0.15) is 21.5 Å². The standard InChI is InChI=1S/C26H26N2O7/c1-35-19-9-7-16(8-10-19)11-12-27-26(34)23(31)20(13-17-5-3-2-4-6-17)28-25(33)18-14-21(29)24(32)22(30)15-18/h2-10,14-15,20,29-30,32H,11-13H2,1H3,(H,27,34)(H,28,33). The maximum atomic E-state index is 12.9. The van der Waals surface area contributed by atoms with Crippen molar-refractivity contribution in [1.82, 2.24) is 10.6 Å². The van der Waals surface area contributed by atoms with Crippen molar-refractivity contribution >= 4 is 17.6 Å². The molecule has 0 bridgehead atoms. The normalized spacial score (nSPS) is 11.3. The first-order valence-corrected chi connectivity index (χ1v) is 10.8. The van der Waals surface area contributed by atoms with Crippen molar-refractivity contribution in [2.45, 2.75) is 18.9 Å². The van der Waals surface area contributed by atoms with Crippen molar-refractivity contribution in [1.29, 1.82) is 0 Å². The van der Waals surface area contributed by atoms with Crippen LogP contribution in [-0.2, 0) is 22.4 Å². The Bertz CT molecular complexity index is 1170. The summed E-state index contributed by atoms with van der Waals surface area (Å²) in [5.74, 6) is -3.96. The van der Waals surface area contributed by atoms with Gasteiger partial charge >= 0.3 is 0 Å². The number of phenolic OH excluding ortho intramolecular Hbond substituents is 3. The van der Waals surface area contributed by atoms with Gasteiger partial charge in [-0.25, -0.2) is 0 Å². The van der Waals surface area contributed by atoms with E-state index in [4.69, 9.17) is 4.74 Å². The highest BCUT2D eigenvalue weighted by Crippen LogP contribution is 2.35. The number of rotatable bonds is 10. The molecule has 3 aromatic carbocycles. The van der Waals surface area contributed by atoms with E-state index in [9.17, 15) is 29.7 Å². The number of ketones is 1. The molecule has 0 aliphatic heterocycles. The van der Waals surface area contributed by atoms with Crippen LogP contribution in [-0.4, -0.2) is 52.6 Å². The van der Waals surface area contributed by atoms with Crippen LogP contribution >= 0.6 is 0 Å². The minimum Gasteiger partial charge on any atom is -0.504 e. The SMILES string of the molecule is COc1ccc(CCNC(=O)C(=O)C(Cc2ccccc2)NC(=O)c2cc(O)c(O)c(O)c2)cc1. The summed E-state index contributed by atoms with van der Waals surface area (Å²) in [6.07, 6.45) is 0.540. The molecule has 0 aliphatic carbocycles. The molecule has 5 N–H and O–H groups in total. The zero-order valence-corrected chi connectivity index (χ0v) is 19.0. The number of hydrogen-bond acceptors (Lipinski definition) is 7. The lowest BCUT2D eigenvalue weighted by Crippen LogP contribution is -2.49. The van der Waals surface area contributed by atoms with E-state index >= 15 is 0 Å². The second kappa shape index (κ2) is 11.6. The van der Waals surface area contributed by atoms with E-state index in [-0.39, 0.29) is 18.5 Å². The second-order valence-corrected chi connectivity index (χ2v) is 7.80. The minimum absolute atomic E-state index is 0.0490. The van der Waals surface area contributed by atoms with Gasteiger partial charge in [0.05, 0.1) is 7.11 Å². The van der Waals surface area contributed by atoms with Gasteiger partial charge in [-0.05, 0) is 41.8 Å². The molecule has 1 atom stereocenters. The Morgan fingerprint density at radius 3 is 2.11 bits per heavy atom. The maximum Gasteiger partial charge on any atom is 0.289 e. The number of amides is 2. The van der Waals surface area contributed by atoms with Gasteiger partial charge in [-0.15, -0.1) is 0 Å². The van der Waals surface area contributed by atoms with Gasteiger partial charge in [0.1, 0.15) is 11.8 Å². The number of benzene rings is 3. The maximum absolute atomic E-state index is 12.9. The molecule has 0 aliphatic rings. The van der Waals surface area contributed by atoms with Crippen molar-refractivity contribution in [3.05, 3.63) is 83.4 Å². The summed E-state index contributed by atoms with van der Waals surface area (Å²) in [6.45, 7) is 0.211. The number of Topliss-reactive ketones (excluding diaryl/α,β-unsaturated/α-hetero) is 1. The zero-order chi connectivity index (χ0) is 25.4. The Balaban J connectivity index is 1.69. The van der Waals surface area contributed by atoms with Crippen molar-refractivity contribution < 1.29 is 34.4 Å². The third-order valence-electron chi connectivity index (χ3n) is 5.32. The molecule has 35 heavy (non-hydrogen) atoms. The van der Waals surface area contributed by atoms with E-state index in [0.717, 1.165) is 17.7 Å². The zero-order valence-electron chi connectivity index (χ0n) is 19.0. The van der Waals surface area contributed by atoms with Gasteiger partial charge in [0.2, 0.25) is 5.78 Å². The molecule has 0 saturated carbocycles. The van der Waals surface area contributed by atoms with E-state index < -0.39 is 40.9 Å². The van der Waals surface area contributed by atoms with Crippen molar-refractivity contribution in [2.24, 2.45) is 0 Å². The fourth-order valence-corrected chi connectivity index (χ4v) is 3.39. The van der Waals surface area contributed by atoms with Crippen LogP contribution in [0.25, 0.3) is 0 Å². The molecular formula is C26H26N2O7. The number of phenols is 3. The quantitative estimate of drug-likeness (QED) is 0.222. The van der Waals surface area contributed by atoms with Crippen LogP contribution in [0.15, 0.2) is 66.7 Å². The lowest BCUT2D eigenvalue weighted by Gasteiger charge is -2.18. The van der Waals surface area contributed by atoms with E-state index in [0.29, 0.717) is 17.7 Å². The number of carbonyl (C=O) groups is 3. The highest BCUT2D eigenvalue weighted by atomic mass is 16.5. The highest BCUT2D eigenvalue weighted by molar-refractivity contribution is 6.38. The van der Waals surface area contributed by atoms with Gasteiger partial charge in [-0.3, -0.25) is 14.4 Å². The van der Waals surface area contributed by atoms with E-state index in [1.54, 1.807) is 49.6 Å². The van der Waals surface area contributed by atoms with Gasteiger partial charge in [0, 0.05) is 18.5 Å². The van der Waals surface area contributed by atoms with Gasteiger partial charge in [-0.2, -0.15) is 0 Å². The van der Waals surface area contributed by atoms with Crippen LogP contribution in [0.5, 0.6) is 23.0 Å². The number of nitrogens with one attached hydrogen (secondary N) is 2. The summed E-state index contributed by atoms with van der Waals surface area (Å²) in [4.78, 5) is 38.3. The molecule has 0 heterocycles. The molecule has 3 rings (SSSR count). The molecule has 0 aromatic heterocycles. The molecule has 3 aromatic rings. The number of carbonyl (C=O) groups excluding carboxylic acids is 3. The fourth-order valence-electron chi connectivity index (χ4n) is 3.39. The molecule has 0 saturated heterocycles. The van der Waals surface area contributed by atoms with E-state index in [1.165, 1.54) is 0 Å². The number of methoxy groups -OCH3 is 1. The molecule has 0 fully saturated rings. The lowest BCUT2D eigenvalue weighted by atomic mass is 10.0. The molecule has 182 valence electrons. The van der Waals surface area contributed by atoms with Gasteiger partial charge in [-0.1, -0.05) is 42.5 Å². The highest BCUT2D eigenvalue weighted by Gasteiger charge is 2.28. The summed E-state index contributed by atoms with van der Waals surface area (Å²) >= 11 is 0.